The molecule has 0 aromatic carbocycles. The van der Waals surface area contributed by atoms with Crippen LogP contribution in [0.4, 0.5) is 0 Å². The van der Waals surface area contributed by atoms with Gasteiger partial charge >= 0.3 is 0 Å². The summed E-state index contributed by atoms with van der Waals surface area (Å²) in [4.78, 5) is 21.3. The van der Waals surface area contributed by atoms with E-state index in [0.29, 0.717) is 18.6 Å². The van der Waals surface area contributed by atoms with E-state index in [1.54, 1.807) is 6.92 Å². The van der Waals surface area contributed by atoms with Crippen molar-refractivity contribution >= 4 is 22.7 Å². The smallest absolute Gasteiger partial charge is 0.186 e. The molecule has 0 heterocycles. The van der Waals surface area contributed by atoms with Crippen molar-refractivity contribution in [2.45, 2.75) is 31.4 Å². The number of rotatable bonds is 1. The number of hydrogen-bond acceptors (Lipinski definition) is 3. The summed E-state index contributed by atoms with van der Waals surface area (Å²) < 4.78 is 0. The highest BCUT2D eigenvalue weighted by Gasteiger charge is 2.23. The molecule has 0 saturated heterocycles. The van der Waals surface area contributed by atoms with Gasteiger partial charge in [-0.3, -0.25) is 9.59 Å². The lowest BCUT2D eigenvalue weighted by atomic mass is 10.4. The Balaban J connectivity index is 2.31. The minimum atomic E-state index is 0.125. The molecule has 1 fully saturated rings. The van der Waals surface area contributed by atoms with Gasteiger partial charge in [0.25, 0.3) is 0 Å². The maximum absolute atomic E-state index is 10.7. The van der Waals surface area contributed by atoms with Crippen LogP contribution < -0.4 is 0 Å². The molecule has 0 bridgehead atoms. The summed E-state index contributed by atoms with van der Waals surface area (Å²) in [6.45, 7) is 1.55. The van der Waals surface area contributed by atoms with Gasteiger partial charge in [0.15, 0.2) is 5.12 Å². The van der Waals surface area contributed by atoms with Crippen LogP contribution in [-0.2, 0) is 9.59 Å². The topological polar surface area (TPSA) is 34.1 Å². The number of ketones is 1. The Morgan fingerprint density at radius 1 is 1.70 bits per heavy atom. The van der Waals surface area contributed by atoms with Crippen molar-refractivity contribution in [3.05, 3.63) is 0 Å². The van der Waals surface area contributed by atoms with Crippen LogP contribution in [0.25, 0.3) is 0 Å². The summed E-state index contributed by atoms with van der Waals surface area (Å²) in [5, 5.41) is 0.407. The number of carbonyl (C=O) groups excluding carboxylic acids is 2. The predicted molar refractivity (Wildman–Crippen MR) is 40.9 cm³/mol. The van der Waals surface area contributed by atoms with Crippen LogP contribution in [0.15, 0.2) is 0 Å². The molecule has 0 amide bonds. The van der Waals surface area contributed by atoms with E-state index in [4.69, 9.17) is 0 Å². The monoisotopic (exact) mass is 158 g/mol. The van der Waals surface area contributed by atoms with Gasteiger partial charge in [0.1, 0.15) is 5.78 Å². The third-order valence-electron chi connectivity index (χ3n) is 1.53. The molecule has 10 heavy (non-hydrogen) atoms. The van der Waals surface area contributed by atoms with Crippen molar-refractivity contribution < 1.29 is 9.59 Å². The van der Waals surface area contributed by atoms with Gasteiger partial charge in [-0.1, -0.05) is 11.8 Å². The molecule has 0 aromatic rings. The van der Waals surface area contributed by atoms with Crippen LogP contribution in [0.2, 0.25) is 0 Å². The Kier molecular flexibility index (Phi) is 2.49. The molecule has 3 heteroatoms. The molecule has 0 unspecified atom stereocenters. The first kappa shape index (κ1) is 7.79. The van der Waals surface area contributed by atoms with E-state index >= 15 is 0 Å². The molecule has 1 rings (SSSR count). The van der Waals surface area contributed by atoms with Crippen LogP contribution >= 0.6 is 11.8 Å². The van der Waals surface area contributed by atoms with Gasteiger partial charge in [-0.05, 0) is 6.42 Å². The highest BCUT2D eigenvalue weighted by Crippen LogP contribution is 2.27. The molecule has 0 radical (unpaired) electrons. The fourth-order valence-corrected chi connectivity index (χ4v) is 2.09. The van der Waals surface area contributed by atoms with E-state index in [9.17, 15) is 9.59 Å². The largest absolute Gasteiger partial charge is 0.300 e. The van der Waals surface area contributed by atoms with Crippen LogP contribution in [0.1, 0.15) is 26.2 Å². The second kappa shape index (κ2) is 3.19. The summed E-state index contributed by atoms with van der Waals surface area (Å²) in [6, 6.07) is 0. The minimum Gasteiger partial charge on any atom is -0.300 e. The zero-order chi connectivity index (χ0) is 7.56. The lowest BCUT2D eigenvalue weighted by Crippen LogP contribution is -1.99. The summed E-state index contributed by atoms with van der Waals surface area (Å²) in [5.41, 5.74) is 0. The van der Waals surface area contributed by atoms with Crippen LogP contribution in [0.5, 0.6) is 0 Å². The molecule has 0 aromatic heterocycles. The Morgan fingerprint density at radius 3 is 2.80 bits per heavy atom. The number of Topliss-reactive ketones (excluding diaryl/α,β-unsaturated/α-hetero) is 1. The van der Waals surface area contributed by atoms with Crippen molar-refractivity contribution in [1.82, 2.24) is 0 Å². The quantitative estimate of drug-likeness (QED) is 0.578. The van der Waals surface area contributed by atoms with E-state index in [0.717, 1.165) is 6.42 Å². The van der Waals surface area contributed by atoms with Crippen molar-refractivity contribution in [2.24, 2.45) is 0 Å². The maximum Gasteiger partial charge on any atom is 0.186 e. The summed E-state index contributed by atoms with van der Waals surface area (Å²) >= 11 is 1.31. The zero-order valence-corrected chi connectivity index (χ0v) is 6.74. The Hall–Kier alpha value is -0.310. The van der Waals surface area contributed by atoms with Crippen molar-refractivity contribution in [3.8, 4) is 0 Å². The number of thioether (sulfide) groups is 1. The SMILES string of the molecule is CC(=O)S[C@H]1CCC(=O)C1. The Morgan fingerprint density at radius 2 is 2.40 bits per heavy atom. The van der Waals surface area contributed by atoms with Crippen molar-refractivity contribution in [1.29, 1.82) is 0 Å². The molecule has 0 aliphatic heterocycles. The molecule has 1 aliphatic carbocycles. The number of hydrogen-bond donors (Lipinski definition) is 0. The molecule has 1 aliphatic rings. The average Bonchev–Trinajstić information content (AvgIpc) is 2.13. The second-order valence-electron chi connectivity index (χ2n) is 2.51. The predicted octanol–water partition coefficient (Wildman–Crippen LogP) is 1.39. The summed E-state index contributed by atoms with van der Waals surface area (Å²) in [7, 11) is 0. The third-order valence-corrected chi connectivity index (χ3v) is 2.60. The van der Waals surface area contributed by atoms with Crippen LogP contribution in [-0.4, -0.2) is 16.1 Å². The first-order valence-corrected chi connectivity index (χ1v) is 4.25. The molecule has 56 valence electrons. The van der Waals surface area contributed by atoms with Crippen molar-refractivity contribution in [2.75, 3.05) is 0 Å². The second-order valence-corrected chi connectivity index (χ2v) is 3.99. The van der Waals surface area contributed by atoms with Crippen molar-refractivity contribution in [3.63, 3.8) is 0 Å². The Bertz CT molecular complexity index is 165. The van der Waals surface area contributed by atoms with Gasteiger partial charge in [-0.25, -0.2) is 0 Å². The van der Waals surface area contributed by atoms with Gasteiger partial charge in [0.05, 0.1) is 0 Å². The van der Waals surface area contributed by atoms with E-state index < -0.39 is 0 Å². The van der Waals surface area contributed by atoms with E-state index in [-0.39, 0.29) is 10.4 Å². The Labute approximate surface area is 64.4 Å². The maximum atomic E-state index is 10.7. The van der Waals surface area contributed by atoms with Crippen LogP contribution in [0.3, 0.4) is 0 Å². The standard InChI is InChI=1S/C7H10O2S/c1-5(8)10-7-3-2-6(9)4-7/h7H,2-4H2,1H3/t7-/m0/s1. The van der Waals surface area contributed by atoms with Gasteiger partial charge in [0.2, 0.25) is 0 Å². The fraction of sp³-hybridized carbons (Fsp3) is 0.714. The van der Waals surface area contributed by atoms with Gasteiger partial charge in [-0.15, -0.1) is 0 Å². The lowest BCUT2D eigenvalue weighted by Gasteiger charge is -2.01. The van der Waals surface area contributed by atoms with Gasteiger partial charge < -0.3 is 0 Å². The van der Waals surface area contributed by atoms with E-state index in [2.05, 4.69) is 0 Å². The average molecular weight is 158 g/mol. The minimum absolute atomic E-state index is 0.125. The summed E-state index contributed by atoms with van der Waals surface area (Å²) in [5.74, 6) is 0.304. The normalized spacial score (nSPS) is 25.3. The van der Waals surface area contributed by atoms with E-state index in [1.807, 2.05) is 0 Å². The van der Waals surface area contributed by atoms with Crippen LogP contribution in [0, 0.1) is 0 Å². The highest BCUT2D eigenvalue weighted by atomic mass is 32.2. The van der Waals surface area contributed by atoms with E-state index in [1.165, 1.54) is 11.8 Å². The molecular formula is C7H10O2S. The van der Waals surface area contributed by atoms with Gasteiger partial charge in [-0.2, -0.15) is 0 Å². The molecule has 1 saturated carbocycles. The molecular weight excluding hydrogens is 148 g/mol. The zero-order valence-electron chi connectivity index (χ0n) is 5.92. The third kappa shape index (κ3) is 2.14. The lowest BCUT2D eigenvalue weighted by molar-refractivity contribution is -0.117. The highest BCUT2D eigenvalue weighted by molar-refractivity contribution is 8.14. The first-order chi connectivity index (χ1) is 4.68. The number of carbonyl (C=O) groups is 2. The van der Waals surface area contributed by atoms with Gasteiger partial charge in [0, 0.05) is 25.0 Å². The molecule has 0 spiro atoms. The molecule has 1 atom stereocenters. The first-order valence-electron chi connectivity index (χ1n) is 3.37. The fourth-order valence-electron chi connectivity index (χ4n) is 1.12. The summed E-state index contributed by atoms with van der Waals surface area (Å²) in [6.07, 6.45) is 2.16. The molecule has 2 nitrogen and oxygen atoms in total. The molecule has 0 N–H and O–H groups in total.